The number of nitrogens with zero attached hydrogens (tertiary/aromatic N) is 2. The summed E-state index contributed by atoms with van der Waals surface area (Å²) in [6, 6.07) is 6.07. The summed E-state index contributed by atoms with van der Waals surface area (Å²) >= 11 is 0. The highest BCUT2D eigenvalue weighted by Crippen LogP contribution is 2.17. The van der Waals surface area contributed by atoms with Crippen LogP contribution in [0.25, 0.3) is 0 Å². The van der Waals surface area contributed by atoms with Crippen LogP contribution in [0.3, 0.4) is 0 Å². The van der Waals surface area contributed by atoms with E-state index in [1.165, 1.54) is 12.1 Å². The summed E-state index contributed by atoms with van der Waals surface area (Å²) in [5, 5.41) is 16.7. The van der Waals surface area contributed by atoms with Crippen molar-refractivity contribution in [1.82, 2.24) is 10.2 Å². The predicted molar refractivity (Wildman–Crippen MR) is 92.1 cm³/mol. The number of carbonyl (C=O) groups is 1. The fraction of sp³-hybridized carbons (Fsp3) is 0.533. The van der Waals surface area contributed by atoms with E-state index in [9.17, 15) is 14.9 Å². The first-order valence-electron chi connectivity index (χ1n) is 7.48. The number of benzene rings is 1. The lowest BCUT2D eigenvalue weighted by atomic mass is 10.0. The lowest BCUT2D eigenvalue weighted by Gasteiger charge is -2.35. The van der Waals surface area contributed by atoms with Crippen LogP contribution in [0.15, 0.2) is 24.3 Å². The van der Waals surface area contributed by atoms with Gasteiger partial charge in [0.15, 0.2) is 0 Å². The number of hydrogen-bond donors (Lipinski definition) is 2. The number of anilines is 1. The Morgan fingerprint density at radius 3 is 2.61 bits per heavy atom. The molecule has 0 aliphatic carbocycles. The standard InChI is InChI=1S/C15H22N4O3.ClH/c1-11(18-9-3-4-13(10-18)16-2)15(20)17-12-5-7-14(8-6-12)19(21)22;/h5-8,11,13,16H,3-4,9-10H2,1-2H3,(H,17,20);1H. The fourth-order valence-electron chi connectivity index (χ4n) is 2.67. The molecule has 0 aromatic heterocycles. The fourth-order valence-corrected chi connectivity index (χ4v) is 2.67. The van der Waals surface area contributed by atoms with Crippen molar-refractivity contribution in [3.63, 3.8) is 0 Å². The number of piperidine rings is 1. The van der Waals surface area contributed by atoms with Crippen LogP contribution in [0.1, 0.15) is 19.8 Å². The molecule has 2 unspecified atom stereocenters. The molecule has 1 fully saturated rings. The summed E-state index contributed by atoms with van der Waals surface area (Å²) in [6.45, 7) is 3.65. The normalized spacial score (nSPS) is 19.5. The van der Waals surface area contributed by atoms with Gasteiger partial charge in [0.05, 0.1) is 11.0 Å². The molecule has 128 valence electrons. The third-order valence-electron chi connectivity index (χ3n) is 4.13. The molecule has 23 heavy (non-hydrogen) atoms. The highest BCUT2D eigenvalue weighted by Gasteiger charge is 2.26. The van der Waals surface area contributed by atoms with Crippen LogP contribution in [-0.2, 0) is 4.79 Å². The first kappa shape index (κ1) is 19.3. The number of nitrogens with one attached hydrogen (secondary N) is 2. The zero-order chi connectivity index (χ0) is 16.1. The van der Waals surface area contributed by atoms with Gasteiger partial charge in [-0.05, 0) is 45.5 Å². The molecule has 2 rings (SSSR count). The van der Waals surface area contributed by atoms with E-state index in [0.29, 0.717) is 11.7 Å². The Balaban J connectivity index is 0.00000264. The lowest BCUT2D eigenvalue weighted by Crippen LogP contribution is -2.51. The topological polar surface area (TPSA) is 87.5 Å². The summed E-state index contributed by atoms with van der Waals surface area (Å²) < 4.78 is 0. The number of amides is 1. The van der Waals surface area contributed by atoms with Crippen molar-refractivity contribution in [2.75, 3.05) is 25.5 Å². The number of carbonyl (C=O) groups excluding carboxylic acids is 1. The Morgan fingerprint density at radius 2 is 2.04 bits per heavy atom. The van der Waals surface area contributed by atoms with Crippen LogP contribution >= 0.6 is 12.4 Å². The third-order valence-corrected chi connectivity index (χ3v) is 4.13. The molecule has 1 aromatic rings. The molecule has 0 bridgehead atoms. The smallest absolute Gasteiger partial charge is 0.269 e. The molecule has 1 heterocycles. The number of nitro groups is 1. The van der Waals surface area contributed by atoms with E-state index in [1.807, 2.05) is 14.0 Å². The second kappa shape index (κ2) is 8.81. The number of likely N-dealkylation sites (N-methyl/N-ethyl adjacent to an activating group) is 1. The maximum Gasteiger partial charge on any atom is 0.269 e. The maximum absolute atomic E-state index is 12.3. The van der Waals surface area contributed by atoms with Gasteiger partial charge in [-0.25, -0.2) is 0 Å². The van der Waals surface area contributed by atoms with Gasteiger partial charge in [0.2, 0.25) is 5.91 Å². The number of hydrogen-bond acceptors (Lipinski definition) is 5. The van der Waals surface area contributed by atoms with Gasteiger partial charge in [0.25, 0.3) is 5.69 Å². The minimum Gasteiger partial charge on any atom is -0.325 e. The molecular weight excluding hydrogens is 320 g/mol. The van der Waals surface area contributed by atoms with E-state index in [-0.39, 0.29) is 30.0 Å². The van der Waals surface area contributed by atoms with E-state index in [0.717, 1.165) is 25.9 Å². The van der Waals surface area contributed by atoms with Crippen molar-refractivity contribution in [2.45, 2.75) is 31.8 Å². The first-order chi connectivity index (χ1) is 10.5. The van der Waals surface area contributed by atoms with Crippen LogP contribution in [0.5, 0.6) is 0 Å². The van der Waals surface area contributed by atoms with Gasteiger partial charge in [-0.15, -0.1) is 12.4 Å². The molecule has 0 saturated carbocycles. The Hall–Kier alpha value is -1.70. The average Bonchev–Trinajstić information content (AvgIpc) is 2.54. The summed E-state index contributed by atoms with van der Waals surface area (Å²) in [5.41, 5.74) is 0.587. The van der Waals surface area contributed by atoms with Crippen LogP contribution in [-0.4, -0.2) is 48.0 Å². The van der Waals surface area contributed by atoms with Gasteiger partial charge in [0, 0.05) is 30.4 Å². The molecule has 1 saturated heterocycles. The summed E-state index contributed by atoms with van der Waals surface area (Å²) in [6.07, 6.45) is 2.20. The number of non-ortho nitro benzene ring substituents is 1. The minimum absolute atomic E-state index is 0. The highest BCUT2D eigenvalue weighted by molar-refractivity contribution is 5.94. The molecule has 0 radical (unpaired) electrons. The van der Waals surface area contributed by atoms with Gasteiger partial charge in [0.1, 0.15) is 0 Å². The van der Waals surface area contributed by atoms with Gasteiger partial charge >= 0.3 is 0 Å². The molecular formula is C15H23ClN4O3. The quantitative estimate of drug-likeness (QED) is 0.631. The Morgan fingerprint density at radius 1 is 1.39 bits per heavy atom. The van der Waals surface area contributed by atoms with Crippen molar-refractivity contribution >= 4 is 29.7 Å². The molecule has 2 atom stereocenters. The maximum atomic E-state index is 12.3. The van der Waals surface area contributed by atoms with Gasteiger partial charge in [-0.1, -0.05) is 0 Å². The summed E-state index contributed by atoms with van der Waals surface area (Å²) in [7, 11) is 1.94. The highest BCUT2D eigenvalue weighted by atomic mass is 35.5. The molecule has 1 aliphatic heterocycles. The molecule has 7 nitrogen and oxygen atoms in total. The Bertz CT molecular complexity index is 538. The SMILES string of the molecule is CNC1CCCN(C(C)C(=O)Nc2ccc([N+](=O)[O-])cc2)C1.Cl. The molecule has 2 N–H and O–H groups in total. The summed E-state index contributed by atoms with van der Waals surface area (Å²) in [4.78, 5) is 24.6. The molecule has 1 aromatic carbocycles. The van der Waals surface area contributed by atoms with Crippen LogP contribution in [0.4, 0.5) is 11.4 Å². The number of halogens is 1. The van der Waals surface area contributed by atoms with Gasteiger partial charge < -0.3 is 10.6 Å². The van der Waals surface area contributed by atoms with Crippen molar-refractivity contribution in [3.05, 3.63) is 34.4 Å². The van der Waals surface area contributed by atoms with Crippen LogP contribution < -0.4 is 10.6 Å². The van der Waals surface area contributed by atoms with E-state index in [1.54, 1.807) is 12.1 Å². The summed E-state index contributed by atoms with van der Waals surface area (Å²) in [5.74, 6) is -0.0920. The number of nitro benzene ring substituents is 1. The average molecular weight is 343 g/mol. The predicted octanol–water partition coefficient (Wildman–Crippen LogP) is 2.03. The molecule has 0 spiro atoms. The second-order valence-corrected chi connectivity index (χ2v) is 5.59. The zero-order valence-corrected chi connectivity index (χ0v) is 14.1. The third kappa shape index (κ3) is 5.16. The number of rotatable bonds is 5. The molecule has 1 aliphatic rings. The monoisotopic (exact) mass is 342 g/mol. The van der Waals surface area contributed by atoms with E-state index < -0.39 is 4.92 Å². The Kier molecular flexibility index (Phi) is 7.41. The largest absolute Gasteiger partial charge is 0.325 e. The second-order valence-electron chi connectivity index (χ2n) is 5.59. The minimum atomic E-state index is -0.458. The first-order valence-corrected chi connectivity index (χ1v) is 7.48. The number of likely N-dealkylation sites (tertiary alicyclic amines) is 1. The molecule has 1 amide bonds. The van der Waals surface area contributed by atoms with E-state index in [4.69, 9.17) is 0 Å². The molecule has 8 heteroatoms. The van der Waals surface area contributed by atoms with Gasteiger partial charge in [-0.2, -0.15) is 0 Å². The van der Waals surface area contributed by atoms with Crippen molar-refractivity contribution in [1.29, 1.82) is 0 Å². The van der Waals surface area contributed by atoms with Crippen molar-refractivity contribution < 1.29 is 9.72 Å². The van der Waals surface area contributed by atoms with Gasteiger partial charge in [-0.3, -0.25) is 19.8 Å². The van der Waals surface area contributed by atoms with Crippen molar-refractivity contribution in [3.8, 4) is 0 Å². The van der Waals surface area contributed by atoms with E-state index >= 15 is 0 Å². The zero-order valence-electron chi connectivity index (χ0n) is 13.3. The Labute approximate surface area is 142 Å². The van der Waals surface area contributed by atoms with Crippen molar-refractivity contribution in [2.24, 2.45) is 0 Å². The lowest BCUT2D eigenvalue weighted by molar-refractivity contribution is -0.384. The van der Waals surface area contributed by atoms with Crippen LogP contribution in [0.2, 0.25) is 0 Å². The van der Waals surface area contributed by atoms with Crippen LogP contribution in [0, 0.1) is 10.1 Å². The van der Waals surface area contributed by atoms with E-state index in [2.05, 4.69) is 15.5 Å².